The highest BCUT2D eigenvalue weighted by atomic mass is 16.5. The number of amides is 1. The molecule has 156 valence electrons. The van der Waals surface area contributed by atoms with Crippen LogP contribution in [0, 0.1) is 0 Å². The van der Waals surface area contributed by atoms with Gasteiger partial charge in [0.1, 0.15) is 11.3 Å². The maximum absolute atomic E-state index is 11.6. The summed E-state index contributed by atoms with van der Waals surface area (Å²) in [5, 5.41) is 3.69. The zero-order valence-electron chi connectivity index (χ0n) is 16.9. The molecule has 3 aromatic heterocycles. The van der Waals surface area contributed by atoms with Crippen LogP contribution in [0.25, 0.3) is 33.2 Å². The monoisotopic (exact) mass is 422 g/mol. The number of hydrogen-bond donors (Lipinski definition) is 3. The molecule has 0 spiro atoms. The molecular formula is C24H18N6O2. The minimum atomic E-state index is -0.363. The van der Waals surface area contributed by atoms with Crippen molar-refractivity contribution in [3.05, 3.63) is 79.8 Å². The van der Waals surface area contributed by atoms with E-state index in [1.165, 1.54) is 12.3 Å². The number of rotatable bonds is 5. The Morgan fingerprint density at radius 1 is 1.16 bits per heavy atom. The number of nitrogens with one attached hydrogen (secondary N) is 2. The molecule has 3 heterocycles. The molecule has 0 unspecified atom stereocenters. The van der Waals surface area contributed by atoms with Crippen molar-refractivity contribution in [1.82, 2.24) is 19.9 Å². The molecule has 32 heavy (non-hydrogen) atoms. The summed E-state index contributed by atoms with van der Waals surface area (Å²) >= 11 is 0. The second-order valence-electron chi connectivity index (χ2n) is 7.06. The molecule has 0 saturated heterocycles. The molecule has 0 aliphatic heterocycles. The first-order chi connectivity index (χ1) is 15.6. The highest BCUT2D eigenvalue weighted by Gasteiger charge is 2.12. The van der Waals surface area contributed by atoms with E-state index in [-0.39, 0.29) is 5.91 Å². The quantitative estimate of drug-likeness (QED) is 0.280. The third-order valence-corrected chi connectivity index (χ3v) is 4.96. The first-order valence-electron chi connectivity index (χ1n) is 9.81. The van der Waals surface area contributed by atoms with E-state index < -0.39 is 0 Å². The van der Waals surface area contributed by atoms with Gasteiger partial charge in [0.05, 0.1) is 23.1 Å². The lowest BCUT2D eigenvalue weighted by atomic mass is 10.1. The average Bonchev–Trinajstić information content (AvgIpc) is 3.24. The number of aromatic amines is 1. The number of ether oxygens (including phenoxy) is 1. The van der Waals surface area contributed by atoms with E-state index in [1.807, 2.05) is 30.5 Å². The molecule has 5 rings (SSSR count). The van der Waals surface area contributed by atoms with E-state index in [0.29, 0.717) is 34.2 Å². The largest absolute Gasteiger partial charge is 0.437 e. The fourth-order valence-electron chi connectivity index (χ4n) is 3.40. The Morgan fingerprint density at radius 3 is 2.94 bits per heavy atom. The number of nitrogen functional groups attached to an aromatic ring is 1. The highest BCUT2D eigenvalue weighted by Crippen LogP contribution is 2.32. The van der Waals surface area contributed by atoms with Crippen molar-refractivity contribution in [3.63, 3.8) is 0 Å². The number of fused-ring (bicyclic) bond motifs is 2. The van der Waals surface area contributed by atoms with Gasteiger partial charge in [0.15, 0.2) is 5.65 Å². The van der Waals surface area contributed by atoms with Crippen LogP contribution in [-0.4, -0.2) is 25.8 Å². The number of aromatic nitrogens is 4. The molecular weight excluding hydrogens is 404 g/mol. The van der Waals surface area contributed by atoms with Crippen LogP contribution in [0.1, 0.15) is 0 Å². The molecule has 0 atom stereocenters. The van der Waals surface area contributed by atoms with Gasteiger partial charge in [-0.15, -0.1) is 0 Å². The number of nitrogens with two attached hydrogens (primary N) is 1. The molecule has 2 aromatic carbocycles. The Labute approximate surface area is 182 Å². The van der Waals surface area contributed by atoms with Gasteiger partial charge in [0, 0.05) is 29.4 Å². The van der Waals surface area contributed by atoms with E-state index >= 15 is 0 Å². The van der Waals surface area contributed by atoms with Crippen LogP contribution < -0.4 is 15.8 Å². The molecule has 4 N–H and O–H groups in total. The van der Waals surface area contributed by atoms with Crippen LogP contribution in [0.3, 0.4) is 0 Å². The lowest BCUT2D eigenvalue weighted by molar-refractivity contribution is -0.111. The second kappa shape index (κ2) is 7.84. The lowest BCUT2D eigenvalue weighted by Gasteiger charge is -2.10. The van der Waals surface area contributed by atoms with Crippen molar-refractivity contribution in [2.45, 2.75) is 0 Å². The first-order valence-corrected chi connectivity index (χ1v) is 9.81. The van der Waals surface area contributed by atoms with Crippen LogP contribution in [0.15, 0.2) is 79.8 Å². The number of carbonyl (C=O) groups is 1. The van der Waals surface area contributed by atoms with E-state index in [2.05, 4.69) is 37.9 Å². The summed E-state index contributed by atoms with van der Waals surface area (Å²) in [4.78, 5) is 28.2. The summed E-state index contributed by atoms with van der Waals surface area (Å²) in [6.45, 7) is 3.44. The molecule has 5 aromatic rings. The maximum atomic E-state index is 11.6. The Kier molecular flexibility index (Phi) is 4.72. The van der Waals surface area contributed by atoms with Gasteiger partial charge in [0.2, 0.25) is 11.8 Å². The van der Waals surface area contributed by atoms with Crippen molar-refractivity contribution in [2.24, 2.45) is 0 Å². The van der Waals surface area contributed by atoms with Gasteiger partial charge in [-0.2, -0.15) is 0 Å². The van der Waals surface area contributed by atoms with E-state index in [4.69, 9.17) is 10.5 Å². The summed E-state index contributed by atoms with van der Waals surface area (Å²) in [5.74, 6) is 0.408. The van der Waals surface area contributed by atoms with E-state index in [9.17, 15) is 4.79 Å². The first kappa shape index (κ1) is 19.3. The van der Waals surface area contributed by atoms with Gasteiger partial charge < -0.3 is 20.8 Å². The van der Waals surface area contributed by atoms with Gasteiger partial charge in [-0.1, -0.05) is 18.7 Å². The Morgan fingerprint density at radius 2 is 2.06 bits per heavy atom. The van der Waals surface area contributed by atoms with Crippen molar-refractivity contribution < 1.29 is 9.53 Å². The van der Waals surface area contributed by atoms with Crippen molar-refractivity contribution >= 4 is 39.3 Å². The zero-order chi connectivity index (χ0) is 22.1. The van der Waals surface area contributed by atoms with Crippen LogP contribution in [0.4, 0.5) is 11.4 Å². The molecule has 8 heteroatoms. The average molecular weight is 422 g/mol. The number of nitrogens with zero attached hydrogens (tertiary/aromatic N) is 3. The van der Waals surface area contributed by atoms with Crippen LogP contribution in [0.5, 0.6) is 11.6 Å². The Hall–Kier alpha value is -4.72. The molecule has 0 radical (unpaired) electrons. The number of hydrogen-bond acceptors (Lipinski definition) is 6. The maximum Gasteiger partial charge on any atom is 0.247 e. The SMILES string of the molecule is C=CC(=O)Nc1cc(Oc2cnc3[nH]cc(-c4ccc5ncccc5c4)c3n2)ccc1N. The van der Waals surface area contributed by atoms with Crippen LogP contribution in [-0.2, 0) is 4.79 Å². The second-order valence-corrected chi connectivity index (χ2v) is 7.06. The number of pyridine rings is 1. The number of anilines is 2. The summed E-state index contributed by atoms with van der Waals surface area (Å²) in [5.41, 5.74) is 10.9. The van der Waals surface area contributed by atoms with Crippen molar-refractivity contribution in [1.29, 1.82) is 0 Å². The zero-order valence-corrected chi connectivity index (χ0v) is 16.9. The van der Waals surface area contributed by atoms with E-state index in [0.717, 1.165) is 22.0 Å². The number of benzene rings is 2. The number of carbonyl (C=O) groups excluding carboxylic acids is 1. The molecule has 0 bridgehead atoms. The van der Waals surface area contributed by atoms with Gasteiger partial charge in [-0.3, -0.25) is 9.78 Å². The fraction of sp³-hybridized carbons (Fsp3) is 0. The fourth-order valence-corrected chi connectivity index (χ4v) is 3.40. The summed E-state index contributed by atoms with van der Waals surface area (Å²) in [6.07, 6.45) is 6.35. The Balaban J connectivity index is 1.49. The Bertz CT molecular complexity index is 1490. The topological polar surface area (TPSA) is 119 Å². The molecule has 1 amide bonds. The molecule has 0 saturated carbocycles. The summed E-state index contributed by atoms with van der Waals surface area (Å²) in [7, 11) is 0. The third-order valence-electron chi connectivity index (χ3n) is 4.96. The molecule has 0 aliphatic carbocycles. The normalized spacial score (nSPS) is 10.9. The minimum Gasteiger partial charge on any atom is -0.437 e. The molecule has 8 nitrogen and oxygen atoms in total. The summed E-state index contributed by atoms with van der Waals surface area (Å²) in [6, 6.07) is 14.9. The van der Waals surface area contributed by atoms with Gasteiger partial charge in [-0.25, -0.2) is 9.97 Å². The lowest BCUT2D eigenvalue weighted by Crippen LogP contribution is -2.09. The van der Waals surface area contributed by atoms with Crippen LogP contribution in [0.2, 0.25) is 0 Å². The summed E-state index contributed by atoms with van der Waals surface area (Å²) < 4.78 is 5.90. The van der Waals surface area contributed by atoms with E-state index in [1.54, 1.807) is 24.4 Å². The van der Waals surface area contributed by atoms with Gasteiger partial charge >= 0.3 is 0 Å². The predicted molar refractivity (Wildman–Crippen MR) is 124 cm³/mol. The standard InChI is InChI=1S/C24H18N6O2/c1-2-21(31)29-20-11-16(6-7-18(20)25)32-22-13-28-24-23(30-22)17(12-27-24)14-5-8-19-15(10-14)4-3-9-26-19/h2-13H,1,25H2,(H,27,28)(H,29,31). The van der Waals surface area contributed by atoms with Gasteiger partial charge in [0.25, 0.3) is 0 Å². The van der Waals surface area contributed by atoms with Crippen molar-refractivity contribution in [3.8, 4) is 22.8 Å². The highest BCUT2D eigenvalue weighted by molar-refractivity contribution is 6.01. The third kappa shape index (κ3) is 3.61. The smallest absolute Gasteiger partial charge is 0.247 e. The van der Waals surface area contributed by atoms with Crippen molar-refractivity contribution in [2.75, 3.05) is 11.1 Å². The molecule has 0 fully saturated rings. The van der Waals surface area contributed by atoms with Gasteiger partial charge in [-0.05, 0) is 42.0 Å². The number of H-pyrrole nitrogens is 1. The predicted octanol–water partition coefficient (Wildman–Crippen LogP) is 4.67. The minimum absolute atomic E-state index is 0.312. The van der Waals surface area contributed by atoms with Crippen LogP contribution >= 0.6 is 0 Å². The molecule has 0 aliphatic rings.